The van der Waals surface area contributed by atoms with Gasteiger partial charge in [-0.05, 0) is 0 Å². The van der Waals surface area contributed by atoms with Crippen molar-refractivity contribution in [1.82, 2.24) is 9.20 Å². The van der Waals surface area contributed by atoms with Gasteiger partial charge >= 0.3 is 55.8 Å². The molecule has 0 aromatic rings. The van der Waals surface area contributed by atoms with E-state index in [2.05, 4.69) is 14.6 Å². The molecule has 1 N–H and O–H groups in total. The minimum absolute atomic E-state index is 0.331. The van der Waals surface area contributed by atoms with Crippen molar-refractivity contribution >= 4 is 20.4 Å². The number of nitrogens with one attached hydrogen (secondary N) is 1. The second-order valence-electron chi connectivity index (χ2n) is 1.97. The minimum atomic E-state index is 0.331. The van der Waals surface area contributed by atoms with E-state index < -0.39 is 0 Å². The summed E-state index contributed by atoms with van der Waals surface area (Å²) in [7, 11) is 0. The topological polar surface area (TPSA) is 15.3 Å². The first-order valence-corrected chi connectivity index (χ1v) is 4.34. The van der Waals surface area contributed by atoms with Gasteiger partial charge in [0.15, 0.2) is 0 Å². The average molecular weight is 126 g/mol. The Bertz CT molecular complexity index is 78.5. The van der Waals surface area contributed by atoms with Gasteiger partial charge in [-0.3, -0.25) is 0 Å². The normalized spacial score (nSPS) is 20.2. The monoisotopic (exact) mass is 126 g/mol. The van der Waals surface area contributed by atoms with Gasteiger partial charge in [0, 0.05) is 0 Å². The molecular weight excluding hydrogens is 115 g/mol. The Morgan fingerprint density at radius 1 is 1.38 bits per heavy atom. The van der Waals surface area contributed by atoms with Gasteiger partial charge < -0.3 is 0 Å². The molecule has 0 aliphatic carbocycles. The van der Waals surface area contributed by atoms with E-state index in [1.807, 2.05) is 0 Å². The molecule has 0 saturated carbocycles. The van der Waals surface area contributed by atoms with Gasteiger partial charge in [-0.15, -0.1) is 0 Å². The van der Waals surface area contributed by atoms with Gasteiger partial charge in [0.1, 0.15) is 0 Å². The summed E-state index contributed by atoms with van der Waals surface area (Å²) in [4.78, 5) is 0. The molecule has 44 valence electrons. The summed E-state index contributed by atoms with van der Waals surface area (Å²) in [5.41, 5.74) is 0. The molecule has 1 fully saturated rings. The van der Waals surface area contributed by atoms with Crippen LogP contribution in [-0.4, -0.2) is 50.4 Å². The fraction of sp³-hybridized carbons (Fsp3) is 0.800. The first kappa shape index (κ1) is 6.28. The van der Waals surface area contributed by atoms with Crippen LogP contribution in [0.1, 0.15) is 0 Å². The van der Waals surface area contributed by atoms with E-state index >= 15 is 0 Å². The molecule has 0 spiro atoms. The van der Waals surface area contributed by atoms with Crippen molar-refractivity contribution < 1.29 is 0 Å². The molecular formula is C5H11AlN2. The molecule has 0 unspecified atom stereocenters. The van der Waals surface area contributed by atoms with Crippen LogP contribution in [0.2, 0.25) is 0 Å². The quantitative estimate of drug-likeness (QED) is 0.451. The number of nitrogens with zero attached hydrogens (tertiary/aromatic N) is 1. The molecule has 1 saturated heterocycles. The molecule has 1 heterocycles. The van der Waals surface area contributed by atoms with Crippen molar-refractivity contribution in [3.05, 3.63) is 0 Å². The van der Waals surface area contributed by atoms with Gasteiger partial charge in [0.2, 0.25) is 0 Å². The molecule has 0 amide bonds. The van der Waals surface area contributed by atoms with Crippen molar-refractivity contribution in [2.75, 3.05) is 26.2 Å². The fourth-order valence-electron chi connectivity index (χ4n) is 0.865. The molecule has 0 bridgehead atoms. The van der Waals surface area contributed by atoms with Crippen LogP contribution in [0.5, 0.6) is 0 Å². The van der Waals surface area contributed by atoms with Gasteiger partial charge in [-0.2, -0.15) is 0 Å². The average Bonchev–Trinajstić information content (AvgIpc) is 1.90. The van der Waals surface area contributed by atoms with E-state index in [1.54, 1.807) is 0 Å². The first-order valence-electron chi connectivity index (χ1n) is 3.01. The Kier molecular flexibility index (Phi) is 2.55. The van der Waals surface area contributed by atoms with E-state index in [4.69, 9.17) is 0 Å². The van der Waals surface area contributed by atoms with E-state index in [1.165, 1.54) is 13.1 Å². The van der Waals surface area contributed by atoms with Crippen LogP contribution in [-0.2, 0) is 0 Å². The summed E-state index contributed by atoms with van der Waals surface area (Å²) in [5, 5.41) is 7.18. The Morgan fingerprint density at radius 3 is 2.38 bits per heavy atom. The Morgan fingerprint density at radius 2 is 2.00 bits per heavy atom. The Labute approximate surface area is 56.3 Å². The maximum absolute atomic E-state index is 3.89. The SMILES string of the molecule is [CH2]=[Al][N]1CCNCC1. The van der Waals surface area contributed by atoms with Gasteiger partial charge in [-0.25, -0.2) is 0 Å². The Hall–Kier alpha value is 0.162. The van der Waals surface area contributed by atoms with Crippen LogP contribution in [0.15, 0.2) is 0 Å². The van der Waals surface area contributed by atoms with Crippen LogP contribution in [0.3, 0.4) is 0 Å². The van der Waals surface area contributed by atoms with Crippen molar-refractivity contribution in [3.8, 4) is 0 Å². The molecule has 0 aromatic heterocycles. The predicted octanol–water partition coefficient (Wildman–Crippen LogP) is -1.06. The van der Waals surface area contributed by atoms with Crippen LogP contribution in [0, 0.1) is 0 Å². The summed E-state index contributed by atoms with van der Waals surface area (Å²) in [5.74, 6) is 0. The third-order valence-electron chi connectivity index (χ3n) is 1.41. The summed E-state index contributed by atoms with van der Waals surface area (Å²) in [6.45, 7) is 4.72. The zero-order valence-corrected chi connectivity index (χ0v) is 6.21. The van der Waals surface area contributed by atoms with Crippen LogP contribution < -0.4 is 5.32 Å². The second-order valence-corrected chi connectivity index (χ2v) is 3.06. The standard InChI is InChI=1S/C4H9N2.CH2.Al/c1-2-6-4-3-5-1;;/h5H,1-4H2;1H2;/q-1;;+1. The molecule has 3 heteroatoms. The number of rotatable bonds is 1. The van der Waals surface area contributed by atoms with Gasteiger partial charge in [-0.1, -0.05) is 0 Å². The summed E-state index contributed by atoms with van der Waals surface area (Å²) in [6, 6.07) is 0. The Balaban J connectivity index is 2.22. The van der Waals surface area contributed by atoms with Crippen LogP contribution in [0.4, 0.5) is 0 Å². The number of hydrogen-bond donors (Lipinski definition) is 1. The fourth-order valence-corrected chi connectivity index (χ4v) is 1.49. The zero-order valence-electron chi connectivity index (χ0n) is 5.06. The summed E-state index contributed by atoms with van der Waals surface area (Å²) < 4.78 is 2.43. The van der Waals surface area contributed by atoms with Gasteiger partial charge in [0.05, 0.1) is 0 Å². The van der Waals surface area contributed by atoms with Crippen molar-refractivity contribution in [1.29, 1.82) is 0 Å². The third-order valence-corrected chi connectivity index (χ3v) is 2.44. The second kappa shape index (κ2) is 3.24. The molecule has 8 heavy (non-hydrogen) atoms. The third kappa shape index (κ3) is 1.59. The molecule has 0 atom stereocenters. The summed E-state index contributed by atoms with van der Waals surface area (Å²) in [6.07, 6.45) is 0. The van der Waals surface area contributed by atoms with E-state index in [-0.39, 0.29) is 0 Å². The molecule has 1 aliphatic heterocycles. The number of hydrogen-bond acceptors (Lipinski definition) is 2. The van der Waals surface area contributed by atoms with E-state index in [0.717, 1.165) is 13.1 Å². The zero-order chi connectivity index (χ0) is 5.82. The van der Waals surface area contributed by atoms with Crippen LogP contribution in [0.25, 0.3) is 0 Å². The van der Waals surface area contributed by atoms with Crippen LogP contribution >= 0.6 is 0 Å². The summed E-state index contributed by atoms with van der Waals surface area (Å²) >= 11 is 0.331. The van der Waals surface area contributed by atoms with Gasteiger partial charge in [0.25, 0.3) is 0 Å². The molecule has 2 nitrogen and oxygen atoms in total. The van der Waals surface area contributed by atoms with Crippen molar-refractivity contribution in [2.45, 2.75) is 0 Å². The predicted molar refractivity (Wildman–Crippen MR) is 37.3 cm³/mol. The molecule has 1 aliphatic rings. The molecule has 1 rings (SSSR count). The van der Waals surface area contributed by atoms with E-state index in [9.17, 15) is 0 Å². The number of piperazine rings is 1. The van der Waals surface area contributed by atoms with E-state index in [0.29, 0.717) is 15.0 Å². The first-order chi connectivity index (χ1) is 3.93. The van der Waals surface area contributed by atoms with Crippen molar-refractivity contribution in [3.63, 3.8) is 0 Å². The molecule has 0 radical (unpaired) electrons. The molecule has 0 aromatic carbocycles. The maximum atomic E-state index is 3.89. The van der Waals surface area contributed by atoms with Crippen molar-refractivity contribution in [2.24, 2.45) is 0 Å².